The van der Waals surface area contributed by atoms with Crippen LogP contribution in [-0.4, -0.2) is 46.6 Å². The Morgan fingerprint density at radius 2 is 1.37 bits per heavy atom. The molecule has 0 saturated heterocycles. The molecule has 0 aliphatic heterocycles. The number of rotatable bonds is 7. The normalized spacial score (nSPS) is 19.1. The highest BCUT2D eigenvalue weighted by Gasteiger charge is 2.37. The van der Waals surface area contributed by atoms with Crippen molar-refractivity contribution in [1.82, 2.24) is 0 Å². The predicted octanol–water partition coefficient (Wildman–Crippen LogP) is 4.82. The van der Waals surface area contributed by atoms with Crippen molar-refractivity contribution in [3.8, 4) is 45.6 Å². The van der Waals surface area contributed by atoms with Crippen molar-refractivity contribution in [1.29, 1.82) is 0 Å². The summed E-state index contributed by atoms with van der Waals surface area (Å²) in [6.07, 6.45) is -0.250. The number of hydrogen-bond donors (Lipinski definition) is 1. The van der Waals surface area contributed by atoms with Gasteiger partial charge in [-0.1, -0.05) is 27.7 Å². The smallest absolute Gasteiger partial charge is 0.313 e. The zero-order valence-electron chi connectivity index (χ0n) is 22.0. The molecule has 0 bridgehead atoms. The number of hydrogen-bond acceptors (Lipinski definition) is 8. The van der Waals surface area contributed by atoms with E-state index in [2.05, 4.69) is 6.92 Å². The van der Waals surface area contributed by atoms with E-state index >= 15 is 0 Å². The van der Waals surface area contributed by atoms with Gasteiger partial charge in [-0.15, -0.1) is 0 Å². The summed E-state index contributed by atoms with van der Waals surface area (Å²) in [4.78, 5) is 12.8. The maximum absolute atomic E-state index is 12.8. The topological polar surface area (TPSA) is 92.7 Å². The third-order valence-corrected chi connectivity index (χ3v) is 6.75. The summed E-state index contributed by atoms with van der Waals surface area (Å²) in [6.45, 7) is 7.61. The highest BCUT2D eigenvalue weighted by Crippen LogP contribution is 2.57. The van der Waals surface area contributed by atoms with Crippen molar-refractivity contribution in [2.45, 2.75) is 40.2 Å². The Morgan fingerprint density at radius 3 is 1.89 bits per heavy atom. The predicted molar refractivity (Wildman–Crippen MR) is 132 cm³/mol. The Kier molecular flexibility index (Phi) is 8.05. The Bertz CT molecular complexity index is 1090. The van der Waals surface area contributed by atoms with Crippen LogP contribution in [0, 0.1) is 17.8 Å². The quantitative estimate of drug-likeness (QED) is 0.438. The maximum atomic E-state index is 12.8. The second kappa shape index (κ2) is 10.6. The Balaban J connectivity index is 2.57. The van der Waals surface area contributed by atoms with Gasteiger partial charge in [0.2, 0.25) is 11.5 Å². The Morgan fingerprint density at radius 1 is 0.829 bits per heavy atom. The lowest BCUT2D eigenvalue weighted by Gasteiger charge is -2.33. The Labute approximate surface area is 207 Å². The van der Waals surface area contributed by atoms with E-state index in [0.717, 1.165) is 5.56 Å². The second-order valence-electron chi connectivity index (χ2n) is 9.15. The minimum absolute atomic E-state index is 0.0859. The molecule has 1 aliphatic rings. The van der Waals surface area contributed by atoms with Crippen molar-refractivity contribution in [2.75, 3.05) is 35.5 Å². The number of ether oxygens (including phenoxy) is 6. The number of aliphatic hydroxyl groups is 1. The zero-order valence-corrected chi connectivity index (χ0v) is 22.0. The van der Waals surface area contributed by atoms with Crippen LogP contribution in [0.25, 0.3) is 11.1 Å². The van der Waals surface area contributed by atoms with Crippen LogP contribution in [0.1, 0.15) is 44.9 Å². The number of esters is 1. The van der Waals surface area contributed by atoms with Crippen LogP contribution in [0.2, 0.25) is 0 Å². The summed E-state index contributed by atoms with van der Waals surface area (Å²) in [5.74, 6) is 1.25. The van der Waals surface area contributed by atoms with Gasteiger partial charge >= 0.3 is 5.97 Å². The van der Waals surface area contributed by atoms with Crippen molar-refractivity contribution in [3.63, 3.8) is 0 Å². The molecule has 2 aromatic carbocycles. The third kappa shape index (κ3) is 4.59. The first-order valence-corrected chi connectivity index (χ1v) is 11.7. The molecule has 0 unspecified atom stereocenters. The summed E-state index contributed by atoms with van der Waals surface area (Å²) in [6, 6.07) is 3.64. The van der Waals surface area contributed by atoms with Gasteiger partial charge in [0, 0.05) is 11.1 Å². The number of methoxy groups -OCH3 is 5. The molecule has 0 saturated carbocycles. The van der Waals surface area contributed by atoms with E-state index in [-0.39, 0.29) is 29.3 Å². The molecule has 0 aromatic heterocycles. The molecular formula is C27H36O8. The van der Waals surface area contributed by atoms with Gasteiger partial charge in [-0.2, -0.15) is 0 Å². The molecule has 0 amide bonds. The minimum atomic E-state index is -0.844. The lowest BCUT2D eigenvalue weighted by Crippen LogP contribution is -2.23. The third-order valence-electron chi connectivity index (χ3n) is 6.75. The van der Waals surface area contributed by atoms with Gasteiger partial charge in [0.25, 0.3) is 0 Å². The molecule has 8 nitrogen and oxygen atoms in total. The number of aliphatic hydroxyl groups excluding tert-OH is 1. The van der Waals surface area contributed by atoms with Crippen molar-refractivity contribution < 1.29 is 38.3 Å². The van der Waals surface area contributed by atoms with Crippen LogP contribution in [0.5, 0.6) is 34.5 Å². The van der Waals surface area contributed by atoms with Crippen LogP contribution in [-0.2, 0) is 11.2 Å². The molecule has 0 fully saturated rings. The number of carbonyl (C=O) groups is 1. The molecular weight excluding hydrogens is 452 g/mol. The molecule has 8 heteroatoms. The molecule has 1 aliphatic carbocycles. The lowest BCUT2D eigenvalue weighted by atomic mass is 9.76. The molecule has 3 rings (SSSR count). The van der Waals surface area contributed by atoms with Crippen LogP contribution in [0.15, 0.2) is 12.1 Å². The monoisotopic (exact) mass is 488 g/mol. The molecule has 0 spiro atoms. The zero-order chi connectivity index (χ0) is 26.0. The molecule has 1 N–H and O–H groups in total. The number of fused-ring (bicyclic) bond motifs is 3. The first-order chi connectivity index (χ1) is 16.6. The maximum Gasteiger partial charge on any atom is 0.313 e. The van der Waals surface area contributed by atoms with E-state index in [0.29, 0.717) is 46.1 Å². The molecule has 0 heterocycles. The first kappa shape index (κ1) is 26.5. The largest absolute Gasteiger partial charge is 0.493 e. The van der Waals surface area contributed by atoms with Crippen LogP contribution in [0.4, 0.5) is 0 Å². The fourth-order valence-corrected chi connectivity index (χ4v) is 4.56. The number of carbonyl (C=O) groups excluding carboxylic acids is 1. The lowest BCUT2D eigenvalue weighted by molar-refractivity contribution is -0.137. The van der Waals surface area contributed by atoms with Gasteiger partial charge in [-0.25, -0.2) is 0 Å². The summed E-state index contributed by atoms with van der Waals surface area (Å²) < 4.78 is 34.4. The summed E-state index contributed by atoms with van der Waals surface area (Å²) in [5.41, 5.74) is 2.59. The minimum Gasteiger partial charge on any atom is -0.493 e. The van der Waals surface area contributed by atoms with Crippen molar-refractivity contribution in [2.24, 2.45) is 17.8 Å². The molecule has 3 atom stereocenters. The van der Waals surface area contributed by atoms with Crippen LogP contribution >= 0.6 is 0 Å². The average Bonchev–Trinajstić information content (AvgIpc) is 2.85. The second-order valence-corrected chi connectivity index (χ2v) is 9.15. The molecule has 0 radical (unpaired) electrons. The SMILES string of the molecule is COc1cc2c(c(OC(=O)C(C)C)c1OC)-c1c(cc(OC)c(OC)c1OC)[C@H](O)[C@H](C)[C@H](C)C2. The van der Waals surface area contributed by atoms with Crippen LogP contribution < -0.4 is 28.4 Å². The molecule has 192 valence electrons. The number of benzene rings is 2. The molecule has 35 heavy (non-hydrogen) atoms. The van der Waals surface area contributed by atoms with E-state index in [9.17, 15) is 9.90 Å². The fourth-order valence-electron chi connectivity index (χ4n) is 4.56. The van der Waals surface area contributed by atoms with Crippen molar-refractivity contribution >= 4 is 5.97 Å². The van der Waals surface area contributed by atoms with Gasteiger partial charge in [-0.3, -0.25) is 4.79 Å². The van der Waals surface area contributed by atoms with E-state index in [1.807, 2.05) is 13.0 Å². The Hall–Kier alpha value is -3.13. The highest BCUT2D eigenvalue weighted by molar-refractivity contribution is 5.91. The summed E-state index contributed by atoms with van der Waals surface area (Å²) >= 11 is 0. The van der Waals surface area contributed by atoms with Gasteiger partial charge in [0.05, 0.1) is 47.6 Å². The first-order valence-electron chi connectivity index (χ1n) is 11.7. The highest BCUT2D eigenvalue weighted by atomic mass is 16.6. The van der Waals surface area contributed by atoms with Gasteiger partial charge in [0.1, 0.15) is 0 Å². The van der Waals surface area contributed by atoms with E-state index < -0.39 is 12.1 Å². The van der Waals surface area contributed by atoms with E-state index in [1.54, 1.807) is 27.0 Å². The van der Waals surface area contributed by atoms with E-state index in [4.69, 9.17) is 28.4 Å². The standard InChI is InChI=1S/C27H36O8/c1-13(2)27(29)35-26-20-16(11-18(30-5)24(26)33-8)10-14(3)15(4)22(28)17-12-19(31-6)23(32-7)25(34-9)21(17)20/h11-15,22,28H,10H2,1-9H3/t14-,15-,22-/m1/s1. The summed E-state index contributed by atoms with van der Waals surface area (Å²) in [5, 5.41) is 11.5. The average molecular weight is 489 g/mol. The summed E-state index contributed by atoms with van der Waals surface area (Å²) in [7, 11) is 7.61. The molecule has 2 aromatic rings. The fraction of sp³-hybridized carbons (Fsp3) is 0.519. The van der Waals surface area contributed by atoms with Gasteiger partial charge in [0.15, 0.2) is 23.0 Å². The van der Waals surface area contributed by atoms with Gasteiger partial charge < -0.3 is 33.5 Å². The van der Waals surface area contributed by atoms with Gasteiger partial charge in [-0.05, 0) is 41.5 Å². The van der Waals surface area contributed by atoms with E-state index in [1.165, 1.54) is 28.4 Å². The van der Waals surface area contributed by atoms with Crippen LogP contribution in [0.3, 0.4) is 0 Å². The van der Waals surface area contributed by atoms with Crippen molar-refractivity contribution in [3.05, 3.63) is 23.3 Å².